The van der Waals surface area contributed by atoms with Crippen molar-refractivity contribution in [1.29, 1.82) is 0 Å². The van der Waals surface area contributed by atoms with E-state index >= 15 is 0 Å². The highest BCUT2D eigenvalue weighted by Gasteiger charge is 2.26. The van der Waals surface area contributed by atoms with Crippen LogP contribution in [-0.2, 0) is 5.41 Å². The number of aromatic carboxylic acids is 1. The molecule has 0 bridgehead atoms. The van der Waals surface area contributed by atoms with Crippen LogP contribution in [0.2, 0.25) is 5.02 Å². The third-order valence-electron chi connectivity index (χ3n) is 2.85. The van der Waals surface area contributed by atoms with Gasteiger partial charge in [0.25, 0.3) is 0 Å². The summed E-state index contributed by atoms with van der Waals surface area (Å²) < 4.78 is 15.3. The molecule has 6 heteroatoms. The molecule has 0 amide bonds. The molecule has 1 aromatic heterocycles. The van der Waals surface area contributed by atoms with Crippen molar-refractivity contribution < 1.29 is 14.3 Å². The zero-order valence-corrected chi connectivity index (χ0v) is 12.1. The highest BCUT2D eigenvalue weighted by Crippen LogP contribution is 2.30. The maximum atomic E-state index is 14.0. The number of carboxylic acid groups (broad SMARTS) is 1. The highest BCUT2D eigenvalue weighted by atomic mass is 35.5. The molecule has 2 rings (SSSR count). The molecule has 0 radical (unpaired) electrons. The Morgan fingerprint density at radius 2 is 2.05 bits per heavy atom. The fourth-order valence-electron chi connectivity index (χ4n) is 1.88. The van der Waals surface area contributed by atoms with E-state index in [4.69, 9.17) is 16.7 Å². The number of aromatic nitrogens is 2. The molecule has 4 nitrogen and oxygen atoms in total. The number of benzene rings is 1. The van der Waals surface area contributed by atoms with Gasteiger partial charge in [0.05, 0.1) is 10.7 Å². The van der Waals surface area contributed by atoms with E-state index in [0.717, 1.165) is 0 Å². The average Bonchev–Trinajstić information content (AvgIpc) is 2.73. The van der Waals surface area contributed by atoms with Gasteiger partial charge in [-0.1, -0.05) is 38.4 Å². The largest absolute Gasteiger partial charge is 0.476 e. The van der Waals surface area contributed by atoms with E-state index in [2.05, 4.69) is 5.10 Å². The van der Waals surface area contributed by atoms with Crippen molar-refractivity contribution >= 4 is 17.6 Å². The summed E-state index contributed by atoms with van der Waals surface area (Å²) in [6.45, 7) is 5.67. The summed E-state index contributed by atoms with van der Waals surface area (Å²) in [5, 5.41) is 13.2. The van der Waals surface area contributed by atoms with Crippen molar-refractivity contribution in [2.75, 3.05) is 0 Å². The highest BCUT2D eigenvalue weighted by molar-refractivity contribution is 6.32. The molecule has 0 saturated carbocycles. The van der Waals surface area contributed by atoms with Crippen LogP contribution in [-0.4, -0.2) is 20.9 Å². The van der Waals surface area contributed by atoms with E-state index < -0.39 is 17.2 Å². The molecule has 0 saturated heterocycles. The van der Waals surface area contributed by atoms with Gasteiger partial charge in [-0.25, -0.2) is 13.9 Å². The summed E-state index contributed by atoms with van der Waals surface area (Å²) in [4.78, 5) is 11.1. The standard InChI is InChI=1S/C14H14ClFN2O2/c1-14(2,3)11-7-10(13(19)20)17-18(11)12-8(15)5-4-6-9(12)16/h4-7H,1-3H3,(H,19,20). The van der Waals surface area contributed by atoms with Crippen LogP contribution >= 0.6 is 11.6 Å². The first-order chi connectivity index (χ1) is 9.21. The molecule has 0 atom stereocenters. The lowest BCUT2D eigenvalue weighted by atomic mass is 9.91. The molecular weight excluding hydrogens is 283 g/mol. The van der Waals surface area contributed by atoms with Gasteiger partial charge < -0.3 is 5.11 Å². The number of carbonyl (C=O) groups is 1. The Kier molecular flexibility index (Phi) is 3.56. The van der Waals surface area contributed by atoms with Gasteiger partial charge in [-0.2, -0.15) is 5.10 Å². The fraction of sp³-hybridized carbons (Fsp3) is 0.286. The van der Waals surface area contributed by atoms with Gasteiger partial charge in [-0.05, 0) is 18.2 Å². The summed E-state index contributed by atoms with van der Waals surface area (Å²) in [6, 6.07) is 5.72. The minimum Gasteiger partial charge on any atom is -0.476 e. The predicted molar refractivity (Wildman–Crippen MR) is 74.2 cm³/mol. The average molecular weight is 297 g/mol. The van der Waals surface area contributed by atoms with Crippen molar-refractivity contribution in [3.63, 3.8) is 0 Å². The van der Waals surface area contributed by atoms with Gasteiger partial charge in [0.15, 0.2) is 5.69 Å². The van der Waals surface area contributed by atoms with E-state index in [-0.39, 0.29) is 16.4 Å². The van der Waals surface area contributed by atoms with Crippen LogP contribution in [0.25, 0.3) is 5.69 Å². The molecule has 1 heterocycles. The first kappa shape index (κ1) is 14.5. The molecule has 2 aromatic rings. The molecular formula is C14H14ClFN2O2. The van der Waals surface area contributed by atoms with Gasteiger partial charge >= 0.3 is 5.97 Å². The Hall–Kier alpha value is -1.88. The van der Waals surface area contributed by atoms with Gasteiger partial charge in [-0.15, -0.1) is 0 Å². The number of nitrogens with zero attached hydrogens (tertiary/aromatic N) is 2. The van der Waals surface area contributed by atoms with Crippen LogP contribution in [0.15, 0.2) is 24.3 Å². The Bertz CT molecular complexity index is 654. The van der Waals surface area contributed by atoms with Crippen LogP contribution in [0.5, 0.6) is 0 Å². The second-order valence-corrected chi connectivity index (χ2v) is 5.86. The van der Waals surface area contributed by atoms with E-state index in [9.17, 15) is 9.18 Å². The number of rotatable bonds is 2. The first-order valence-corrected chi connectivity index (χ1v) is 6.38. The predicted octanol–water partition coefficient (Wildman–Crippen LogP) is 3.66. The van der Waals surface area contributed by atoms with Crippen molar-refractivity contribution in [3.8, 4) is 5.69 Å². The maximum Gasteiger partial charge on any atom is 0.356 e. The molecule has 1 N–H and O–H groups in total. The number of carboxylic acids is 1. The molecule has 0 aliphatic heterocycles. The van der Waals surface area contributed by atoms with Gasteiger partial charge in [-0.3, -0.25) is 0 Å². The van der Waals surface area contributed by atoms with Crippen molar-refractivity contribution in [2.45, 2.75) is 26.2 Å². The number of hydrogen-bond acceptors (Lipinski definition) is 2. The topological polar surface area (TPSA) is 55.1 Å². The lowest BCUT2D eigenvalue weighted by Crippen LogP contribution is -2.18. The van der Waals surface area contributed by atoms with Crippen molar-refractivity contribution in [2.24, 2.45) is 0 Å². The van der Waals surface area contributed by atoms with Crippen LogP contribution < -0.4 is 0 Å². The molecule has 0 aliphatic rings. The fourth-order valence-corrected chi connectivity index (χ4v) is 2.12. The summed E-state index contributed by atoms with van der Waals surface area (Å²) >= 11 is 6.03. The second-order valence-electron chi connectivity index (χ2n) is 5.45. The second kappa shape index (κ2) is 4.90. The molecule has 106 valence electrons. The summed E-state index contributed by atoms with van der Waals surface area (Å²) in [5.74, 6) is -1.72. The SMILES string of the molecule is CC(C)(C)c1cc(C(=O)O)nn1-c1c(F)cccc1Cl. The van der Waals surface area contributed by atoms with Crippen LogP contribution in [0.3, 0.4) is 0 Å². The van der Waals surface area contributed by atoms with Gasteiger partial charge in [0.1, 0.15) is 11.5 Å². The van der Waals surface area contributed by atoms with Crippen LogP contribution in [0.4, 0.5) is 4.39 Å². The normalized spacial score (nSPS) is 11.7. The number of hydrogen-bond donors (Lipinski definition) is 1. The van der Waals surface area contributed by atoms with Crippen molar-refractivity contribution in [1.82, 2.24) is 9.78 Å². The first-order valence-electron chi connectivity index (χ1n) is 6.00. The quantitative estimate of drug-likeness (QED) is 0.920. The zero-order valence-electron chi connectivity index (χ0n) is 11.3. The minimum atomic E-state index is -1.17. The van der Waals surface area contributed by atoms with E-state index in [0.29, 0.717) is 5.69 Å². The summed E-state index contributed by atoms with van der Waals surface area (Å²) in [7, 11) is 0. The van der Waals surface area contributed by atoms with E-state index in [1.165, 1.54) is 28.9 Å². The van der Waals surface area contributed by atoms with E-state index in [1.54, 1.807) is 0 Å². The Morgan fingerprint density at radius 3 is 2.55 bits per heavy atom. The third-order valence-corrected chi connectivity index (χ3v) is 3.15. The lowest BCUT2D eigenvalue weighted by Gasteiger charge is -2.20. The van der Waals surface area contributed by atoms with Crippen LogP contribution in [0.1, 0.15) is 37.0 Å². The van der Waals surface area contributed by atoms with Gasteiger partial charge in [0.2, 0.25) is 0 Å². The lowest BCUT2D eigenvalue weighted by molar-refractivity contribution is 0.0690. The third kappa shape index (κ3) is 2.54. The smallest absolute Gasteiger partial charge is 0.356 e. The molecule has 0 unspecified atom stereocenters. The summed E-state index contributed by atoms with van der Waals surface area (Å²) in [6.07, 6.45) is 0. The monoisotopic (exact) mass is 296 g/mol. The van der Waals surface area contributed by atoms with Gasteiger partial charge in [0, 0.05) is 5.41 Å². The molecule has 20 heavy (non-hydrogen) atoms. The summed E-state index contributed by atoms with van der Waals surface area (Å²) in [5.41, 5.74) is 0.0782. The van der Waals surface area contributed by atoms with E-state index in [1.807, 2.05) is 20.8 Å². The Labute approximate surface area is 120 Å². The number of para-hydroxylation sites is 1. The Morgan fingerprint density at radius 1 is 1.40 bits per heavy atom. The Balaban J connectivity index is 2.76. The number of halogens is 2. The maximum absolute atomic E-state index is 14.0. The van der Waals surface area contributed by atoms with Crippen molar-refractivity contribution in [3.05, 3.63) is 46.5 Å². The van der Waals surface area contributed by atoms with Crippen LogP contribution in [0, 0.1) is 5.82 Å². The molecule has 0 spiro atoms. The molecule has 0 fully saturated rings. The zero-order chi connectivity index (χ0) is 15.1. The molecule has 0 aliphatic carbocycles. The minimum absolute atomic E-state index is 0.0617. The molecule has 1 aromatic carbocycles.